The summed E-state index contributed by atoms with van der Waals surface area (Å²) in [4.78, 5) is 21.0. The molecule has 0 heterocycles. The molecule has 0 rings (SSSR count). The van der Waals surface area contributed by atoms with Crippen LogP contribution in [0.3, 0.4) is 0 Å². The first-order valence-corrected chi connectivity index (χ1v) is 4.94. The van der Waals surface area contributed by atoms with E-state index < -0.39 is 47.6 Å². The first-order valence-electron chi connectivity index (χ1n) is 4.94. The monoisotopic (exact) mass is 295 g/mol. The molecule has 0 saturated carbocycles. The fraction of sp³-hybridized carbons (Fsp3) is 0.778. The van der Waals surface area contributed by atoms with Gasteiger partial charge in [-0.15, -0.1) is 0 Å². The highest BCUT2D eigenvalue weighted by Gasteiger charge is 2.50. The molecule has 1 unspecified atom stereocenters. The van der Waals surface area contributed by atoms with Crippen LogP contribution in [0.4, 0.5) is 26.3 Å². The Hall–Kier alpha value is -1.48. The van der Waals surface area contributed by atoms with Crippen molar-refractivity contribution in [3.05, 3.63) is 0 Å². The normalized spacial score (nSPS) is 14.4. The van der Waals surface area contributed by atoms with Gasteiger partial charge in [0.2, 0.25) is 0 Å². The van der Waals surface area contributed by atoms with Crippen LogP contribution in [0.1, 0.15) is 13.8 Å². The number of aliphatic carboxylic acids is 1. The average Bonchev–Trinajstić information content (AvgIpc) is 2.10. The molecule has 1 N–H and O–H groups in total. The Bertz CT molecular complexity index is 349. The maximum atomic E-state index is 12.2. The molecule has 10 heteroatoms. The van der Waals surface area contributed by atoms with Crippen molar-refractivity contribution in [1.29, 1.82) is 0 Å². The van der Waals surface area contributed by atoms with Crippen molar-refractivity contribution in [2.45, 2.75) is 32.2 Å². The summed E-state index contributed by atoms with van der Waals surface area (Å²) in [5.41, 5.74) is 0. The molecular weight excluding hydrogens is 284 g/mol. The maximum Gasteiger partial charge on any atom is 0.471 e. The second kappa shape index (κ2) is 5.66. The largest absolute Gasteiger partial charge is 0.480 e. The fourth-order valence-corrected chi connectivity index (χ4v) is 1.43. The molecule has 0 aromatic rings. The van der Waals surface area contributed by atoms with Crippen LogP contribution < -0.4 is 0 Å². The van der Waals surface area contributed by atoms with Gasteiger partial charge < -0.3 is 10.0 Å². The molecule has 0 spiro atoms. The van der Waals surface area contributed by atoms with Gasteiger partial charge in [0.05, 0.1) is 0 Å². The summed E-state index contributed by atoms with van der Waals surface area (Å²) in [5.74, 6) is -5.88. The molecule has 112 valence electrons. The van der Waals surface area contributed by atoms with Gasteiger partial charge in [0.25, 0.3) is 0 Å². The number of amides is 1. The Labute approximate surface area is 104 Å². The number of carboxylic acid groups (broad SMARTS) is 1. The van der Waals surface area contributed by atoms with Gasteiger partial charge in [-0.2, -0.15) is 26.3 Å². The third kappa shape index (κ3) is 5.35. The zero-order valence-electron chi connectivity index (χ0n) is 9.84. The molecule has 0 radical (unpaired) electrons. The molecular formula is C9H11F6NO3. The Morgan fingerprint density at radius 3 is 1.74 bits per heavy atom. The van der Waals surface area contributed by atoms with Crippen molar-refractivity contribution in [1.82, 2.24) is 4.90 Å². The van der Waals surface area contributed by atoms with Crippen molar-refractivity contribution >= 4 is 11.9 Å². The molecule has 1 amide bonds. The standard InChI is InChI=1S/C9H11F6NO3/c1-4(2)5(6(17)18)16(3-8(10,11)12)7(19)9(13,14)15/h4-5H,3H2,1-2H3,(H,17,18). The lowest BCUT2D eigenvalue weighted by Gasteiger charge is -2.32. The Kier molecular flexibility index (Phi) is 5.22. The molecule has 0 aliphatic heterocycles. The van der Waals surface area contributed by atoms with E-state index in [1.165, 1.54) is 0 Å². The van der Waals surface area contributed by atoms with E-state index in [9.17, 15) is 35.9 Å². The molecule has 4 nitrogen and oxygen atoms in total. The predicted molar refractivity (Wildman–Crippen MR) is 50.1 cm³/mol. The van der Waals surface area contributed by atoms with Gasteiger partial charge in [0.15, 0.2) is 0 Å². The summed E-state index contributed by atoms with van der Waals surface area (Å²) in [5, 5.41) is 8.70. The average molecular weight is 295 g/mol. The minimum absolute atomic E-state index is 0.715. The van der Waals surface area contributed by atoms with Gasteiger partial charge in [-0.05, 0) is 5.92 Å². The SMILES string of the molecule is CC(C)C(C(=O)O)N(CC(F)(F)F)C(=O)C(F)(F)F. The summed E-state index contributed by atoms with van der Waals surface area (Å²) in [6.07, 6.45) is -10.7. The molecule has 0 aliphatic rings. The van der Waals surface area contributed by atoms with E-state index in [1.54, 1.807) is 0 Å². The number of hydrogen-bond acceptors (Lipinski definition) is 2. The minimum Gasteiger partial charge on any atom is -0.480 e. The number of carboxylic acids is 1. The van der Waals surface area contributed by atoms with Crippen molar-refractivity contribution in [2.24, 2.45) is 5.92 Å². The van der Waals surface area contributed by atoms with Gasteiger partial charge in [0.1, 0.15) is 12.6 Å². The number of hydrogen-bond donors (Lipinski definition) is 1. The highest BCUT2D eigenvalue weighted by atomic mass is 19.4. The highest BCUT2D eigenvalue weighted by molar-refractivity contribution is 5.87. The Morgan fingerprint density at radius 2 is 1.53 bits per heavy atom. The zero-order chi connectivity index (χ0) is 15.6. The van der Waals surface area contributed by atoms with Crippen molar-refractivity contribution in [3.8, 4) is 0 Å². The molecule has 0 aromatic carbocycles. The summed E-state index contributed by atoms with van der Waals surface area (Å²) in [6, 6.07) is -2.21. The van der Waals surface area contributed by atoms with Crippen LogP contribution in [-0.4, -0.2) is 46.8 Å². The molecule has 0 aromatic heterocycles. The van der Waals surface area contributed by atoms with E-state index in [2.05, 4.69) is 0 Å². The number of carbonyl (C=O) groups excluding carboxylic acids is 1. The lowest BCUT2D eigenvalue weighted by atomic mass is 10.0. The van der Waals surface area contributed by atoms with Crippen molar-refractivity contribution in [2.75, 3.05) is 6.54 Å². The lowest BCUT2D eigenvalue weighted by molar-refractivity contribution is -0.205. The first kappa shape index (κ1) is 17.5. The third-order valence-electron chi connectivity index (χ3n) is 2.07. The second-order valence-electron chi connectivity index (χ2n) is 4.07. The summed E-state index contributed by atoms with van der Waals surface area (Å²) in [6.45, 7) is -0.0713. The van der Waals surface area contributed by atoms with E-state index in [1.807, 2.05) is 0 Å². The van der Waals surface area contributed by atoms with Crippen LogP contribution in [0.2, 0.25) is 0 Å². The second-order valence-corrected chi connectivity index (χ2v) is 4.07. The molecule has 0 saturated heterocycles. The van der Waals surface area contributed by atoms with E-state index in [-0.39, 0.29) is 0 Å². The summed E-state index contributed by atoms with van der Waals surface area (Å²) >= 11 is 0. The molecule has 19 heavy (non-hydrogen) atoms. The molecule has 1 atom stereocenters. The third-order valence-corrected chi connectivity index (χ3v) is 2.07. The van der Waals surface area contributed by atoms with Gasteiger partial charge >= 0.3 is 24.2 Å². The van der Waals surface area contributed by atoms with Gasteiger partial charge in [-0.1, -0.05) is 13.8 Å². The number of alkyl halides is 6. The van der Waals surface area contributed by atoms with Crippen molar-refractivity contribution < 1.29 is 41.0 Å². The van der Waals surface area contributed by atoms with Crippen LogP contribution >= 0.6 is 0 Å². The highest BCUT2D eigenvalue weighted by Crippen LogP contribution is 2.26. The van der Waals surface area contributed by atoms with Gasteiger partial charge in [-0.3, -0.25) is 4.79 Å². The van der Waals surface area contributed by atoms with E-state index in [0.717, 1.165) is 13.8 Å². The van der Waals surface area contributed by atoms with Gasteiger partial charge in [-0.25, -0.2) is 4.79 Å². The Morgan fingerprint density at radius 1 is 1.11 bits per heavy atom. The van der Waals surface area contributed by atoms with Gasteiger partial charge in [0, 0.05) is 0 Å². The molecule has 0 aliphatic carbocycles. The van der Waals surface area contributed by atoms with Crippen LogP contribution in [-0.2, 0) is 9.59 Å². The lowest BCUT2D eigenvalue weighted by Crippen LogP contribution is -2.55. The zero-order valence-corrected chi connectivity index (χ0v) is 9.84. The number of carbonyl (C=O) groups is 2. The van der Waals surface area contributed by atoms with E-state index in [0.29, 0.717) is 0 Å². The van der Waals surface area contributed by atoms with Crippen LogP contribution in [0.5, 0.6) is 0 Å². The van der Waals surface area contributed by atoms with E-state index >= 15 is 0 Å². The number of rotatable bonds is 4. The van der Waals surface area contributed by atoms with Crippen LogP contribution in [0, 0.1) is 5.92 Å². The predicted octanol–water partition coefficient (Wildman–Crippen LogP) is 2.05. The number of halogens is 6. The van der Waals surface area contributed by atoms with Crippen LogP contribution in [0.15, 0.2) is 0 Å². The number of nitrogens with zero attached hydrogens (tertiary/aromatic N) is 1. The topological polar surface area (TPSA) is 57.6 Å². The fourth-order valence-electron chi connectivity index (χ4n) is 1.43. The Balaban J connectivity index is 5.50. The van der Waals surface area contributed by atoms with Crippen LogP contribution in [0.25, 0.3) is 0 Å². The van der Waals surface area contributed by atoms with E-state index in [4.69, 9.17) is 5.11 Å². The summed E-state index contributed by atoms with van der Waals surface area (Å²) < 4.78 is 73.2. The molecule has 0 bridgehead atoms. The van der Waals surface area contributed by atoms with Crippen molar-refractivity contribution in [3.63, 3.8) is 0 Å². The minimum atomic E-state index is -5.58. The summed E-state index contributed by atoms with van der Waals surface area (Å²) in [7, 11) is 0. The molecule has 0 fully saturated rings. The quantitative estimate of drug-likeness (QED) is 0.808. The maximum absolute atomic E-state index is 12.2. The first-order chi connectivity index (χ1) is 8.27. The smallest absolute Gasteiger partial charge is 0.471 e.